The summed E-state index contributed by atoms with van der Waals surface area (Å²) in [5, 5.41) is 1.14. The second kappa shape index (κ2) is 5.58. The lowest BCUT2D eigenvalue weighted by molar-refractivity contribution is 0.208. The van der Waals surface area contributed by atoms with Crippen molar-refractivity contribution in [2.45, 2.75) is 5.54 Å². The van der Waals surface area contributed by atoms with Gasteiger partial charge in [0.1, 0.15) is 12.2 Å². The molecule has 0 saturated carbocycles. The van der Waals surface area contributed by atoms with Gasteiger partial charge in [0.25, 0.3) is 5.23 Å². The highest BCUT2D eigenvalue weighted by Crippen LogP contribution is 2.36. The highest BCUT2D eigenvalue weighted by molar-refractivity contribution is 8.16. The van der Waals surface area contributed by atoms with Gasteiger partial charge in [-0.15, -0.1) is 0 Å². The molecule has 20 heavy (non-hydrogen) atoms. The zero-order valence-electron chi connectivity index (χ0n) is 9.98. The fourth-order valence-electron chi connectivity index (χ4n) is 1.70. The maximum atomic E-state index is 13.8. The van der Waals surface area contributed by atoms with Crippen LogP contribution in [0.4, 0.5) is 18.0 Å². The summed E-state index contributed by atoms with van der Waals surface area (Å²) in [6, 6.07) is 3.37. The highest BCUT2D eigenvalue weighted by atomic mass is 32.2. The summed E-state index contributed by atoms with van der Waals surface area (Å²) in [5.41, 5.74) is 2.77. The normalized spacial score (nSPS) is 21.4. The van der Waals surface area contributed by atoms with Crippen molar-refractivity contribution in [1.29, 1.82) is 0 Å². The summed E-state index contributed by atoms with van der Waals surface area (Å²) >= 11 is 0.877. The molecule has 1 atom stereocenters. The van der Waals surface area contributed by atoms with Crippen molar-refractivity contribution in [3.8, 4) is 0 Å². The predicted octanol–water partition coefficient (Wildman–Crippen LogP) is 2.84. The quantitative estimate of drug-likeness (QED) is 0.913. The van der Waals surface area contributed by atoms with Gasteiger partial charge in [0.2, 0.25) is 0 Å². The Morgan fingerprint density at radius 1 is 1.45 bits per heavy atom. The largest absolute Gasteiger partial charge is 0.411 e. The molecule has 4 nitrogen and oxygen atoms in total. The number of halogens is 3. The van der Waals surface area contributed by atoms with Crippen LogP contribution in [0, 0.1) is 11.6 Å². The molecule has 0 fully saturated rings. The van der Waals surface area contributed by atoms with Gasteiger partial charge < -0.3 is 10.5 Å². The number of nitrogens with two attached hydrogens (primary N) is 1. The fourth-order valence-corrected chi connectivity index (χ4v) is 2.45. The SMILES string of the molecule is NC(=O)OC1=NC(CF)(c2cccc(F)c2F)C=CS1. The van der Waals surface area contributed by atoms with Gasteiger partial charge in [0.15, 0.2) is 11.6 Å². The molecule has 8 heteroatoms. The third-order valence-electron chi connectivity index (χ3n) is 2.61. The van der Waals surface area contributed by atoms with E-state index in [1.54, 1.807) is 0 Å². The van der Waals surface area contributed by atoms with Crippen molar-refractivity contribution in [2.75, 3.05) is 6.67 Å². The van der Waals surface area contributed by atoms with Crippen LogP contribution < -0.4 is 5.73 Å². The van der Waals surface area contributed by atoms with Gasteiger partial charge in [-0.25, -0.2) is 23.0 Å². The molecule has 0 aliphatic carbocycles. The molecule has 1 aliphatic rings. The summed E-state index contributed by atoms with van der Waals surface area (Å²) in [4.78, 5) is 14.5. The van der Waals surface area contributed by atoms with Crippen LogP contribution in [0.1, 0.15) is 5.56 Å². The van der Waals surface area contributed by atoms with Gasteiger partial charge in [-0.3, -0.25) is 0 Å². The van der Waals surface area contributed by atoms with Gasteiger partial charge in [-0.1, -0.05) is 12.1 Å². The Kier molecular flexibility index (Phi) is 4.03. The minimum Gasteiger partial charge on any atom is -0.385 e. The van der Waals surface area contributed by atoms with Gasteiger partial charge in [-0.05, 0) is 29.3 Å². The Hall–Kier alpha value is -1.96. The molecule has 2 N–H and O–H groups in total. The third kappa shape index (κ3) is 2.64. The van der Waals surface area contributed by atoms with E-state index in [0.717, 1.165) is 17.8 Å². The van der Waals surface area contributed by atoms with Crippen LogP contribution in [-0.4, -0.2) is 18.0 Å². The van der Waals surface area contributed by atoms with Crippen molar-refractivity contribution in [2.24, 2.45) is 10.7 Å². The number of amides is 1. The second-order valence-corrected chi connectivity index (χ2v) is 4.74. The maximum Gasteiger partial charge on any atom is 0.411 e. The minimum atomic E-state index is -1.78. The van der Waals surface area contributed by atoms with Crippen molar-refractivity contribution in [3.63, 3.8) is 0 Å². The first-order valence-corrected chi connectivity index (χ1v) is 6.28. The van der Waals surface area contributed by atoms with E-state index in [-0.39, 0.29) is 10.8 Å². The lowest BCUT2D eigenvalue weighted by Gasteiger charge is -2.27. The first kappa shape index (κ1) is 14.4. The average molecular weight is 302 g/mol. The molecule has 0 aromatic heterocycles. The average Bonchev–Trinajstić information content (AvgIpc) is 2.41. The van der Waals surface area contributed by atoms with Crippen molar-refractivity contribution in [1.82, 2.24) is 0 Å². The summed E-state index contributed by atoms with van der Waals surface area (Å²) in [5.74, 6) is -2.32. The topological polar surface area (TPSA) is 64.7 Å². The zero-order chi connectivity index (χ0) is 14.8. The smallest absolute Gasteiger partial charge is 0.385 e. The summed E-state index contributed by atoms with van der Waals surface area (Å²) in [6.45, 7) is -1.13. The van der Waals surface area contributed by atoms with E-state index in [1.807, 2.05) is 0 Å². The first-order valence-electron chi connectivity index (χ1n) is 5.40. The van der Waals surface area contributed by atoms with Crippen LogP contribution in [0.15, 0.2) is 34.7 Å². The summed E-state index contributed by atoms with van der Waals surface area (Å²) < 4.78 is 45.1. The van der Waals surface area contributed by atoms with E-state index in [9.17, 15) is 18.0 Å². The molecular weight excluding hydrogens is 293 g/mol. The van der Waals surface area contributed by atoms with Crippen molar-refractivity contribution in [3.05, 3.63) is 46.9 Å². The van der Waals surface area contributed by atoms with E-state index < -0.39 is 29.9 Å². The van der Waals surface area contributed by atoms with Crippen LogP contribution in [0.2, 0.25) is 0 Å². The Bertz CT molecular complexity index is 606. The number of ether oxygens (including phenoxy) is 1. The summed E-state index contributed by atoms with van der Waals surface area (Å²) in [7, 11) is 0. The Morgan fingerprint density at radius 2 is 2.20 bits per heavy atom. The molecule has 106 valence electrons. The monoisotopic (exact) mass is 302 g/mol. The van der Waals surface area contributed by atoms with Crippen LogP contribution in [0.3, 0.4) is 0 Å². The number of benzene rings is 1. The number of hydrogen-bond donors (Lipinski definition) is 1. The molecular formula is C12H9F3N2O2S. The number of alkyl halides is 1. The minimum absolute atomic E-state index is 0.235. The number of carbonyl (C=O) groups is 1. The van der Waals surface area contributed by atoms with Crippen molar-refractivity contribution >= 4 is 23.1 Å². The predicted molar refractivity (Wildman–Crippen MR) is 68.8 cm³/mol. The van der Waals surface area contributed by atoms with E-state index in [2.05, 4.69) is 9.73 Å². The van der Waals surface area contributed by atoms with Crippen LogP contribution >= 0.6 is 11.8 Å². The van der Waals surface area contributed by atoms with Gasteiger partial charge in [-0.2, -0.15) is 0 Å². The molecule has 1 aromatic carbocycles. The van der Waals surface area contributed by atoms with Crippen LogP contribution in [-0.2, 0) is 10.3 Å². The number of rotatable bonds is 2. The first-order chi connectivity index (χ1) is 9.48. The second-order valence-electron chi connectivity index (χ2n) is 3.88. The molecule has 0 saturated heterocycles. The Balaban J connectivity index is 2.50. The standard InChI is InChI=1S/C12H9F3N2O2S/c13-6-12(7-2-1-3-8(14)9(7)15)4-5-20-11(17-12)19-10(16)18/h1-5H,6H2,(H2,16,18). The number of aliphatic imine (C=N–C) groups is 1. The molecule has 0 bridgehead atoms. The van der Waals surface area contributed by atoms with Gasteiger partial charge in [0, 0.05) is 5.56 Å². The maximum absolute atomic E-state index is 13.8. The van der Waals surface area contributed by atoms with Crippen LogP contribution in [0.25, 0.3) is 0 Å². The Morgan fingerprint density at radius 3 is 2.85 bits per heavy atom. The van der Waals surface area contributed by atoms with Crippen LogP contribution in [0.5, 0.6) is 0 Å². The van der Waals surface area contributed by atoms with E-state index in [1.165, 1.54) is 23.6 Å². The lowest BCUT2D eigenvalue weighted by atomic mass is 9.91. The van der Waals surface area contributed by atoms with Crippen molar-refractivity contribution < 1.29 is 22.7 Å². The van der Waals surface area contributed by atoms with E-state index in [0.29, 0.717) is 0 Å². The fraction of sp³-hybridized carbons (Fsp3) is 0.167. The van der Waals surface area contributed by atoms with Gasteiger partial charge in [0.05, 0.1) is 0 Å². The molecule has 1 aromatic rings. The van der Waals surface area contributed by atoms with E-state index in [4.69, 9.17) is 5.73 Å². The number of primary amides is 1. The Labute approximate surface area is 116 Å². The number of nitrogens with zero attached hydrogens (tertiary/aromatic N) is 1. The molecule has 0 spiro atoms. The molecule has 0 radical (unpaired) electrons. The number of hydrogen-bond acceptors (Lipinski definition) is 4. The zero-order valence-corrected chi connectivity index (χ0v) is 10.8. The third-order valence-corrected chi connectivity index (χ3v) is 3.26. The molecule has 1 unspecified atom stereocenters. The molecule has 1 heterocycles. The number of carbonyl (C=O) groups excluding carboxylic acids is 1. The van der Waals surface area contributed by atoms with Gasteiger partial charge >= 0.3 is 6.09 Å². The van der Waals surface area contributed by atoms with E-state index >= 15 is 0 Å². The lowest BCUT2D eigenvalue weighted by Crippen LogP contribution is -2.30. The highest BCUT2D eigenvalue weighted by Gasteiger charge is 2.36. The molecule has 1 amide bonds. The number of thioether (sulfide) groups is 1. The molecule has 1 aliphatic heterocycles. The molecule has 2 rings (SSSR count). The summed E-state index contributed by atoms with van der Waals surface area (Å²) in [6.07, 6.45) is 0.141.